The molecular weight excluding hydrogens is 390 g/mol. The smallest absolute Gasteiger partial charge is 0.338 e. The predicted molar refractivity (Wildman–Crippen MR) is 114 cm³/mol. The second-order valence-corrected chi connectivity index (χ2v) is 6.25. The predicted octanol–water partition coefficient (Wildman–Crippen LogP) is 3.42. The molecule has 1 aromatic carbocycles. The Hall–Kier alpha value is -3.46. The van der Waals surface area contributed by atoms with Crippen molar-refractivity contribution < 1.29 is 14.3 Å². The summed E-state index contributed by atoms with van der Waals surface area (Å²) in [7, 11) is 0. The lowest BCUT2D eigenvalue weighted by atomic mass is 10.1. The highest BCUT2D eigenvalue weighted by atomic mass is 32.1. The van der Waals surface area contributed by atoms with Crippen LogP contribution in [0.2, 0.25) is 0 Å². The van der Waals surface area contributed by atoms with Crippen molar-refractivity contribution in [1.29, 1.82) is 0 Å². The van der Waals surface area contributed by atoms with E-state index in [0.29, 0.717) is 41.4 Å². The number of carbonyl (C=O) groups is 2. The van der Waals surface area contributed by atoms with Crippen molar-refractivity contribution in [2.24, 2.45) is 0 Å². The number of hydrogen-bond acceptors (Lipinski definition) is 7. The van der Waals surface area contributed by atoms with Crippen LogP contribution in [0.3, 0.4) is 0 Å². The van der Waals surface area contributed by atoms with Gasteiger partial charge < -0.3 is 10.1 Å². The highest BCUT2D eigenvalue weighted by molar-refractivity contribution is 7.82. The summed E-state index contributed by atoms with van der Waals surface area (Å²) in [4.78, 5) is 37.1. The SMILES string of the molecule is C=CCNC(=O)N(S)c1ccc2ncc(-c3ccc(C(=O)OCC)cc3)nc2n1. The van der Waals surface area contributed by atoms with Crippen LogP contribution < -0.4 is 9.62 Å². The summed E-state index contributed by atoms with van der Waals surface area (Å²) < 4.78 is 6.07. The number of rotatable bonds is 6. The first kappa shape index (κ1) is 20.3. The third kappa shape index (κ3) is 4.69. The number of esters is 1. The van der Waals surface area contributed by atoms with E-state index in [1.807, 2.05) is 0 Å². The molecule has 0 atom stereocenters. The largest absolute Gasteiger partial charge is 0.462 e. The van der Waals surface area contributed by atoms with E-state index in [4.69, 9.17) is 4.74 Å². The summed E-state index contributed by atoms with van der Waals surface area (Å²) in [5.74, 6) is -0.0648. The molecule has 0 aliphatic heterocycles. The normalized spacial score (nSPS) is 10.4. The van der Waals surface area contributed by atoms with Gasteiger partial charge in [0.15, 0.2) is 5.65 Å². The zero-order valence-corrected chi connectivity index (χ0v) is 16.6. The fraction of sp³-hybridized carbons (Fsp3) is 0.150. The highest BCUT2D eigenvalue weighted by Gasteiger charge is 2.14. The van der Waals surface area contributed by atoms with Gasteiger partial charge in [-0.1, -0.05) is 31.0 Å². The first-order valence-electron chi connectivity index (χ1n) is 8.82. The third-order valence-electron chi connectivity index (χ3n) is 3.89. The Morgan fingerprint density at radius 3 is 2.66 bits per heavy atom. The summed E-state index contributed by atoms with van der Waals surface area (Å²) in [5, 5.41) is 2.62. The number of urea groups is 1. The van der Waals surface area contributed by atoms with Gasteiger partial charge in [0.05, 0.1) is 24.1 Å². The topological polar surface area (TPSA) is 97.3 Å². The van der Waals surface area contributed by atoms with Crippen LogP contribution in [0.5, 0.6) is 0 Å². The molecule has 2 aromatic heterocycles. The van der Waals surface area contributed by atoms with E-state index in [0.717, 1.165) is 9.87 Å². The Kier molecular flexibility index (Phi) is 6.40. The van der Waals surface area contributed by atoms with Gasteiger partial charge in [-0.05, 0) is 31.2 Å². The number of nitrogens with zero attached hydrogens (tertiary/aromatic N) is 4. The summed E-state index contributed by atoms with van der Waals surface area (Å²) >= 11 is 4.19. The number of amides is 2. The number of benzene rings is 1. The van der Waals surface area contributed by atoms with Gasteiger partial charge in [-0.15, -0.1) is 6.58 Å². The fourth-order valence-electron chi connectivity index (χ4n) is 2.47. The zero-order chi connectivity index (χ0) is 20.8. The van der Waals surface area contributed by atoms with Gasteiger partial charge in [0.25, 0.3) is 0 Å². The van der Waals surface area contributed by atoms with Gasteiger partial charge in [-0.25, -0.2) is 23.9 Å². The molecule has 0 unspecified atom stereocenters. The minimum absolute atomic E-state index is 0.312. The minimum atomic E-state index is -0.432. The lowest BCUT2D eigenvalue weighted by molar-refractivity contribution is 0.0526. The molecule has 0 aliphatic carbocycles. The number of hydrogen-bond donors (Lipinski definition) is 2. The number of ether oxygens (including phenoxy) is 1. The van der Waals surface area contributed by atoms with Crippen molar-refractivity contribution in [2.45, 2.75) is 6.92 Å². The number of aromatic nitrogens is 3. The van der Waals surface area contributed by atoms with Crippen molar-refractivity contribution in [2.75, 3.05) is 17.5 Å². The average molecular weight is 409 g/mol. The number of anilines is 1. The fourth-order valence-corrected chi connectivity index (χ4v) is 2.66. The summed E-state index contributed by atoms with van der Waals surface area (Å²) in [6, 6.07) is 9.77. The van der Waals surface area contributed by atoms with Gasteiger partial charge >= 0.3 is 12.0 Å². The minimum Gasteiger partial charge on any atom is -0.462 e. The average Bonchev–Trinajstić information content (AvgIpc) is 2.76. The number of carbonyl (C=O) groups excluding carboxylic acids is 2. The van der Waals surface area contributed by atoms with Crippen LogP contribution in [0, 0.1) is 0 Å². The molecule has 0 aliphatic rings. The second-order valence-electron chi connectivity index (χ2n) is 5.85. The third-order valence-corrected chi connectivity index (χ3v) is 4.28. The monoisotopic (exact) mass is 409 g/mol. The highest BCUT2D eigenvalue weighted by Crippen LogP contribution is 2.22. The van der Waals surface area contributed by atoms with Crippen LogP contribution in [0.1, 0.15) is 17.3 Å². The molecule has 0 spiro atoms. The molecule has 0 saturated heterocycles. The molecule has 2 heterocycles. The molecule has 1 N–H and O–H groups in total. The molecule has 0 radical (unpaired) electrons. The van der Waals surface area contributed by atoms with Gasteiger partial charge in [-0.2, -0.15) is 0 Å². The maximum absolute atomic E-state index is 12.0. The Morgan fingerprint density at radius 2 is 1.97 bits per heavy atom. The van der Waals surface area contributed by atoms with Gasteiger partial charge in [0, 0.05) is 12.1 Å². The van der Waals surface area contributed by atoms with Crippen LogP contribution in [0.25, 0.3) is 22.4 Å². The quantitative estimate of drug-likeness (QED) is 0.368. The van der Waals surface area contributed by atoms with E-state index < -0.39 is 6.03 Å². The number of nitrogens with one attached hydrogen (secondary N) is 1. The maximum Gasteiger partial charge on any atom is 0.338 e. The Morgan fingerprint density at radius 1 is 1.21 bits per heavy atom. The number of thiol groups is 1. The first-order chi connectivity index (χ1) is 14.0. The number of pyridine rings is 1. The zero-order valence-electron chi connectivity index (χ0n) is 15.7. The lowest BCUT2D eigenvalue weighted by Crippen LogP contribution is -2.34. The van der Waals surface area contributed by atoms with Gasteiger partial charge in [0.2, 0.25) is 0 Å². The molecule has 0 saturated carbocycles. The Bertz CT molecular complexity index is 1060. The molecule has 3 aromatic rings. The van der Waals surface area contributed by atoms with E-state index in [-0.39, 0.29) is 5.97 Å². The molecule has 148 valence electrons. The van der Waals surface area contributed by atoms with E-state index in [9.17, 15) is 9.59 Å². The van der Waals surface area contributed by atoms with Crippen LogP contribution in [-0.4, -0.2) is 40.1 Å². The van der Waals surface area contributed by atoms with Crippen molar-refractivity contribution in [3.05, 3.63) is 60.8 Å². The molecule has 0 bridgehead atoms. The van der Waals surface area contributed by atoms with Crippen molar-refractivity contribution in [1.82, 2.24) is 20.3 Å². The molecule has 3 rings (SSSR count). The summed E-state index contributed by atoms with van der Waals surface area (Å²) in [6.07, 6.45) is 3.19. The van der Waals surface area contributed by atoms with Crippen LogP contribution in [0.15, 0.2) is 55.3 Å². The molecule has 9 heteroatoms. The molecular formula is C20H19N5O3S. The summed E-state index contributed by atoms with van der Waals surface area (Å²) in [6.45, 7) is 5.94. The van der Waals surface area contributed by atoms with Crippen molar-refractivity contribution >= 4 is 41.8 Å². The van der Waals surface area contributed by atoms with E-state index >= 15 is 0 Å². The van der Waals surface area contributed by atoms with Gasteiger partial charge in [-0.3, -0.25) is 4.98 Å². The Labute approximate surface area is 173 Å². The lowest BCUT2D eigenvalue weighted by Gasteiger charge is -2.15. The molecule has 29 heavy (non-hydrogen) atoms. The van der Waals surface area contributed by atoms with Crippen molar-refractivity contribution in [3.63, 3.8) is 0 Å². The van der Waals surface area contributed by atoms with Crippen LogP contribution >= 0.6 is 12.8 Å². The second kappa shape index (κ2) is 9.16. The number of fused-ring (bicyclic) bond motifs is 1. The van der Waals surface area contributed by atoms with Crippen LogP contribution in [0.4, 0.5) is 10.6 Å². The molecule has 0 fully saturated rings. The standard InChI is InChI=1S/C20H19N5O3S/c1-3-11-21-20(27)25(29)17-10-9-15-18(24-17)23-16(12-22-15)13-5-7-14(8-6-13)19(26)28-4-2/h3,5-10,12,29H,1,4,11H2,2H3,(H,21,27). The van der Waals surface area contributed by atoms with Crippen molar-refractivity contribution in [3.8, 4) is 11.3 Å². The van der Waals surface area contributed by atoms with E-state index in [1.165, 1.54) is 0 Å². The molecule has 8 nitrogen and oxygen atoms in total. The maximum atomic E-state index is 12.0. The Balaban J connectivity index is 1.88. The van der Waals surface area contributed by atoms with E-state index in [1.54, 1.807) is 55.6 Å². The van der Waals surface area contributed by atoms with E-state index in [2.05, 4.69) is 39.7 Å². The summed E-state index contributed by atoms with van der Waals surface area (Å²) in [5.41, 5.74) is 2.76. The van der Waals surface area contributed by atoms with Gasteiger partial charge in [0.1, 0.15) is 11.3 Å². The molecule has 2 amide bonds. The van der Waals surface area contributed by atoms with Crippen LogP contribution in [-0.2, 0) is 4.74 Å². The first-order valence-corrected chi connectivity index (χ1v) is 9.22.